The van der Waals surface area contributed by atoms with Crippen LogP contribution in [-0.4, -0.2) is 0 Å². The Balaban J connectivity index is 2.24. The van der Waals surface area contributed by atoms with E-state index in [2.05, 4.69) is 31.9 Å². The highest BCUT2D eigenvalue weighted by molar-refractivity contribution is 9.10. The van der Waals surface area contributed by atoms with Crippen LogP contribution in [-0.2, 0) is 0 Å². The molecule has 2 rings (SSSR count). The normalized spacial score (nSPS) is 11.1. The first-order valence-electron chi connectivity index (χ1n) is 5.14. The van der Waals surface area contributed by atoms with E-state index in [1.54, 1.807) is 36.4 Å². The van der Waals surface area contributed by atoms with Crippen LogP contribution in [0.5, 0.6) is 0 Å². The molecule has 0 aliphatic heterocycles. The molecule has 0 bridgehead atoms. The lowest BCUT2D eigenvalue weighted by Gasteiger charge is -1.98. The van der Waals surface area contributed by atoms with Gasteiger partial charge in [0.2, 0.25) is 0 Å². The molecule has 0 aliphatic rings. The van der Waals surface area contributed by atoms with Crippen molar-refractivity contribution in [3.63, 3.8) is 0 Å². The summed E-state index contributed by atoms with van der Waals surface area (Å²) in [6, 6.07) is 9.65. The monoisotopic (exact) mass is 372 g/mol. The average Bonchev–Trinajstić information content (AvgIpc) is 2.35. The molecule has 92 valence electrons. The second-order valence-corrected chi connectivity index (χ2v) is 5.39. The molecular weight excluding hydrogens is 366 g/mol. The number of halogens is 4. The number of hydrogen-bond acceptors (Lipinski definition) is 0. The molecule has 0 aliphatic carbocycles. The highest BCUT2D eigenvalue weighted by atomic mass is 79.9. The molecule has 0 heterocycles. The standard InChI is InChI=1S/C14H8Br2F2/c15-11-5-3-9(7-13(11)17)1-2-10-4-6-12(16)14(18)8-10/h1-8H/b2-1+. The molecule has 18 heavy (non-hydrogen) atoms. The Labute approximate surface area is 121 Å². The van der Waals surface area contributed by atoms with E-state index < -0.39 is 0 Å². The van der Waals surface area contributed by atoms with Crippen molar-refractivity contribution >= 4 is 44.0 Å². The van der Waals surface area contributed by atoms with Gasteiger partial charge in [0.05, 0.1) is 8.95 Å². The molecule has 4 heteroatoms. The fourth-order valence-electron chi connectivity index (χ4n) is 1.42. The maximum absolute atomic E-state index is 13.3. The third-order valence-corrected chi connectivity index (χ3v) is 3.64. The Morgan fingerprint density at radius 2 is 1.11 bits per heavy atom. The van der Waals surface area contributed by atoms with Gasteiger partial charge in [-0.05, 0) is 67.3 Å². The molecule has 0 amide bonds. The van der Waals surface area contributed by atoms with E-state index in [1.165, 1.54) is 12.1 Å². The summed E-state index contributed by atoms with van der Waals surface area (Å²) in [5.74, 6) is -0.640. The van der Waals surface area contributed by atoms with Crippen molar-refractivity contribution in [2.24, 2.45) is 0 Å². The van der Waals surface area contributed by atoms with Crippen LogP contribution in [0.4, 0.5) is 8.78 Å². The van der Waals surface area contributed by atoms with Gasteiger partial charge in [-0.25, -0.2) is 8.78 Å². The maximum Gasteiger partial charge on any atom is 0.137 e. The molecule has 0 spiro atoms. The van der Waals surface area contributed by atoms with Gasteiger partial charge in [0.25, 0.3) is 0 Å². The fraction of sp³-hybridized carbons (Fsp3) is 0. The number of rotatable bonds is 2. The quantitative estimate of drug-likeness (QED) is 0.596. The summed E-state index contributed by atoms with van der Waals surface area (Å²) < 4.78 is 27.4. The van der Waals surface area contributed by atoms with Gasteiger partial charge in [0.15, 0.2) is 0 Å². The minimum absolute atomic E-state index is 0.320. The van der Waals surface area contributed by atoms with Gasteiger partial charge < -0.3 is 0 Å². The molecule has 2 aromatic carbocycles. The molecule has 0 nitrogen and oxygen atoms in total. The molecular formula is C14H8Br2F2. The molecule has 0 fully saturated rings. The maximum atomic E-state index is 13.3. The molecule has 0 saturated heterocycles. The van der Waals surface area contributed by atoms with Crippen molar-refractivity contribution in [2.75, 3.05) is 0 Å². The largest absolute Gasteiger partial charge is 0.206 e. The summed E-state index contributed by atoms with van der Waals surface area (Å²) in [5.41, 5.74) is 1.44. The van der Waals surface area contributed by atoms with Crippen molar-refractivity contribution in [1.82, 2.24) is 0 Å². The van der Waals surface area contributed by atoms with Crippen molar-refractivity contribution < 1.29 is 8.78 Å². The summed E-state index contributed by atoms with van der Waals surface area (Å²) in [5, 5.41) is 0. The first-order chi connectivity index (χ1) is 8.56. The van der Waals surface area contributed by atoms with Crippen LogP contribution < -0.4 is 0 Å². The fourth-order valence-corrected chi connectivity index (χ4v) is 1.92. The van der Waals surface area contributed by atoms with Gasteiger partial charge >= 0.3 is 0 Å². The molecule has 0 saturated carbocycles. The Morgan fingerprint density at radius 3 is 1.44 bits per heavy atom. The minimum Gasteiger partial charge on any atom is -0.206 e. The van der Waals surface area contributed by atoms with Crippen molar-refractivity contribution in [2.45, 2.75) is 0 Å². The molecule has 0 N–H and O–H groups in total. The Hall–Kier alpha value is -1.00. The van der Waals surface area contributed by atoms with E-state index in [1.807, 2.05) is 0 Å². The predicted octanol–water partition coefficient (Wildman–Crippen LogP) is 5.66. The third-order valence-electron chi connectivity index (χ3n) is 2.36. The van der Waals surface area contributed by atoms with Crippen LogP contribution in [0.1, 0.15) is 11.1 Å². The van der Waals surface area contributed by atoms with Crippen LogP contribution in [0.15, 0.2) is 45.3 Å². The van der Waals surface area contributed by atoms with E-state index in [0.29, 0.717) is 8.95 Å². The lowest BCUT2D eigenvalue weighted by atomic mass is 10.1. The summed E-state index contributed by atoms with van der Waals surface area (Å²) >= 11 is 6.18. The smallest absolute Gasteiger partial charge is 0.137 e. The Kier molecular flexibility index (Phi) is 4.30. The zero-order chi connectivity index (χ0) is 13.1. The lowest BCUT2D eigenvalue weighted by molar-refractivity contribution is 0.620. The predicted molar refractivity (Wildman–Crippen MR) is 77.1 cm³/mol. The van der Waals surface area contributed by atoms with E-state index in [4.69, 9.17) is 0 Å². The average molecular weight is 374 g/mol. The van der Waals surface area contributed by atoms with Gasteiger partial charge in [0.1, 0.15) is 11.6 Å². The first-order valence-corrected chi connectivity index (χ1v) is 6.73. The molecule has 0 unspecified atom stereocenters. The summed E-state index contributed by atoms with van der Waals surface area (Å²) in [4.78, 5) is 0. The second-order valence-electron chi connectivity index (χ2n) is 3.68. The SMILES string of the molecule is Fc1cc(/C=C/c2ccc(Br)c(F)c2)ccc1Br. The van der Waals surface area contributed by atoms with E-state index in [0.717, 1.165) is 11.1 Å². The van der Waals surface area contributed by atoms with Crippen LogP contribution in [0, 0.1) is 11.6 Å². The molecule has 0 atom stereocenters. The third kappa shape index (κ3) is 3.27. The lowest BCUT2D eigenvalue weighted by Crippen LogP contribution is -1.81. The zero-order valence-electron chi connectivity index (χ0n) is 9.13. The van der Waals surface area contributed by atoms with Gasteiger partial charge in [-0.1, -0.05) is 24.3 Å². The van der Waals surface area contributed by atoms with Crippen molar-refractivity contribution in [3.8, 4) is 0 Å². The topological polar surface area (TPSA) is 0 Å². The number of hydrogen-bond donors (Lipinski definition) is 0. The van der Waals surface area contributed by atoms with Crippen LogP contribution in [0.25, 0.3) is 12.2 Å². The van der Waals surface area contributed by atoms with Crippen LogP contribution in [0.2, 0.25) is 0 Å². The van der Waals surface area contributed by atoms with Crippen molar-refractivity contribution in [1.29, 1.82) is 0 Å². The van der Waals surface area contributed by atoms with E-state index >= 15 is 0 Å². The Bertz CT molecular complexity index is 553. The highest BCUT2D eigenvalue weighted by Gasteiger charge is 2.00. The summed E-state index contributed by atoms with van der Waals surface area (Å²) in [6.45, 7) is 0. The zero-order valence-corrected chi connectivity index (χ0v) is 12.3. The van der Waals surface area contributed by atoms with Gasteiger partial charge in [-0.2, -0.15) is 0 Å². The number of benzene rings is 2. The summed E-state index contributed by atoms with van der Waals surface area (Å²) in [7, 11) is 0. The second kappa shape index (κ2) is 5.76. The van der Waals surface area contributed by atoms with Gasteiger partial charge in [-0.15, -0.1) is 0 Å². The molecule has 2 aromatic rings. The van der Waals surface area contributed by atoms with Crippen molar-refractivity contribution in [3.05, 3.63) is 68.1 Å². The molecule has 0 aromatic heterocycles. The Morgan fingerprint density at radius 1 is 0.722 bits per heavy atom. The molecule has 0 radical (unpaired) electrons. The highest BCUT2D eigenvalue weighted by Crippen LogP contribution is 2.20. The minimum atomic E-state index is -0.320. The van der Waals surface area contributed by atoms with Crippen LogP contribution >= 0.6 is 31.9 Å². The van der Waals surface area contributed by atoms with Gasteiger partial charge in [-0.3, -0.25) is 0 Å². The first kappa shape index (κ1) is 13.4. The van der Waals surface area contributed by atoms with E-state index in [9.17, 15) is 8.78 Å². The van der Waals surface area contributed by atoms with Gasteiger partial charge in [0, 0.05) is 0 Å². The van der Waals surface area contributed by atoms with E-state index in [-0.39, 0.29) is 11.6 Å². The van der Waals surface area contributed by atoms with Crippen LogP contribution in [0.3, 0.4) is 0 Å². The summed E-state index contributed by atoms with van der Waals surface area (Å²) in [6.07, 6.45) is 3.47.